The Morgan fingerprint density at radius 2 is 2.17 bits per heavy atom. The Morgan fingerprint density at radius 3 is 2.72 bits per heavy atom. The zero-order valence-electron chi connectivity index (χ0n) is 10.3. The summed E-state index contributed by atoms with van der Waals surface area (Å²) in [5.74, 6) is 0. The normalized spacial score (nSPS) is 12.7. The molecule has 0 aliphatic carbocycles. The summed E-state index contributed by atoms with van der Waals surface area (Å²) in [5.41, 5.74) is 2.08. The third-order valence-corrected chi connectivity index (χ3v) is 3.39. The monoisotopic (exact) mass is 283 g/mol. The van der Waals surface area contributed by atoms with E-state index in [9.17, 15) is 0 Å². The van der Waals surface area contributed by atoms with Gasteiger partial charge in [0.05, 0.1) is 24.3 Å². The van der Waals surface area contributed by atoms with Crippen LogP contribution in [0, 0.1) is 0 Å². The van der Waals surface area contributed by atoms with Gasteiger partial charge in [-0.3, -0.25) is 0 Å². The highest BCUT2D eigenvalue weighted by Gasteiger charge is 2.18. The van der Waals surface area contributed by atoms with Gasteiger partial charge in [-0.1, -0.05) is 36.2 Å². The SMILES string of the molecule is CCNC(c1ccc(Cl)cc1Cl)c1cncn1C. The molecule has 2 aromatic rings. The molecule has 18 heavy (non-hydrogen) atoms. The van der Waals surface area contributed by atoms with E-state index >= 15 is 0 Å². The molecule has 0 fully saturated rings. The topological polar surface area (TPSA) is 29.9 Å². The number of aromatic nitrogens is 2. The fourth-order valence-corrected chi connectivity index (χ4v) is 2.48. The molecule has 0 aliphatic heterocycles. The Balaban J connectivity index is 2.45. The van der Waals surface area contributed by atoms with Crippen LogP contribution in [0.1, 0.15) is 24.2 Å². The van der Waals surface area contributed by atoms with Gasteiger partial charge in [-0.25, -0.2) is 4.98 Å². The highest BCUT2D eigenvalue weighted by Crippen LogP contribution is 2.30. The molecule has 2 rings (SSSR count). The number of benzene rings is 1. The van der Waals surface area contributed by atoms with Crippen LogP contribution in [0.15, 0.2) is 30.7 Å². The van der Waals surface area contributed by atoms with E-state index in [1.165, 1.54) is 0 Å². The Labute approximate surface area is 117 Å². The van der Waals surface area contributed by atoms with Crippen molar-refractivity contribution in [3.8, 4) is 0 Å². The summed E-state index contributed by atoms with van der Waals surface area (Å²) >= 11 is 12.2. The highest BCUT2D eigenvalue weighted by molar-refractivity contribution is 6.35. The van der Waals surface area contributed by atoms with Crippen LogP contribution < -0.4 is 5.32 Å². The maximum absolute atomic E-state index is 6.28. The zero-order chi connectivity index (χ0) is 13.1. The van der Waals surface area contributed by atoms with E-state index in [-0.39, 0.29) is 6.04 Å². The molecule has 0 bridgehead atoms. The quantitative estimate of drug-likeness (QED) is 0.932. The lowest BCUT2D eigenvalue weighted by Gasteiger charge is -2.20. The van der Waals surface area contributed by atoms with Gasteiger partial charge in [0, 0.05) is 17.1 Å². The van der Waals surface area contributed by atoms with E-state index in [0.29, 0.717) is 10.0 Å². The standard InChI is InChI=1S/C13H15Cl2N3/c1-3-17-13(12-7-16-8-18(12)2)10-5-4-9(14)6-11(10)15/h4-8,13,17H,3H2,1-2H3. The maximum Gasteiger partial charge on any atom is 0.0946 e. The molecule has 1 N–H and O–H groups in total. The van der Waals surface area contributed by atoms with E-state index in [2.05, 4.69) is 17.2 Å². The van der Waals surface area contributed by atoms with Crippen LogP contribution in [0.2, 0.25) is 10.0 Å². The van der Waals surface area contributed by atoms with Gasteiger partial charge in [0.2, 0.25) is 0 Å². The molecular formula is C13H15Cl2N3. The van der Waals surface area contributed by atoms with E-state index in [0.717, 1.165) is 17.8 Å². The molecule has 96 valence electrons. The molecular weight excluding hydrogens is 269 g/mol. The lowest BCUT2D eigenvalue weighted by atomic mass is 10.0. The third kappa shape index (κ3) is 2.69. The molecule has 1 aromatic heterocycles. The smallest absolute Gasteiger partial charge is 0.0946 e. The van der Waals surface area contributed by atoms with Gasteiger partial charge < -0.3 is 9.88 Å². The van der Waals surface area contributed by atoms with E-state index < -0.39 is 0 Å². The average molecular weight is 284 g/mol. The molecule has 0 saturated heterocycles. The average Bonchev–Trinajstić information content (AvgIpc) is 2.73. The van der Waals surface area contributed by atoms with Gasteiger partial charge in [-0.15, -0.1) is 0 Å². The van der Waals surface area contributed by atoms with Crippen molar-refractivity contribution in [1.29, 1.82) is 0 Å². The molecule has 1 aromatic carbocycles. The largest absolute Gasteiger partial charge is 0.336 e. The third-order valence-electron chi connectivity index (χ3n) is 2.83. The Bertz CT molecular complexity index is 537. The molecule has 1 unspecified atom stereocenters. The van der Waals surface area contributed by atoms with Gasteiger partial charge in [0.25, 0.3) is 0 Å². The van der Waals surface area contributed by atoms with Crippen molar-refractivity contribution < 1.29 is 0 Å². The van der Waals surface area contributed by atoms with Gasteiger partial charge in [-0.05, 0) is 24.2 Å². The minimum atomic E-state index is 0.0206. The second kappa shape index (κ2) is 5.74. The summed E-state index contributed by atoms with van der Waals surface area (Å²) < 4.78 is 1.98. The number of hydrogen-bond acceptors (Lipinski definition) is 2. The first-order valence-electron chi connectivity index (χ1n) is 5.78. The molecule has 3 nitrogen and oxygen atoms in total. The van der Waals surface area contributed by atoms with Crippen molar-refractivity contribution in [1.82, 2.24) is 14.9 Å². The van der Waals surface area contributed by atoms with E-state index in [1.807, 2.05) is 29.9 Å². The van der Waals surface area contributed by atoms with Gasteiger partial charge in [0.1, 0.15) is 0 Å². The molecule has 1 atom stereocenters. The van der Waals surface area contributed by atoms with E-state index in [4.69, 9.17) is 23.2 Å². The summed E-state index contributed by atoms with van der Waals surface area (Å²) in [6.07, 6.45) is 3.63. The van der Waals surface area contributed by atoms with Crippen LogP contribution in [0.25, 0.3) is 0 Å². The van der Waals surface area contributed by atoms with Crippen molar-refractivity contribution in [2.24, 2.45) is 7.05 Å². The fraction of sp³-hybridized carbons (Fsp3) is 0.308. The molecule has 0 spiro atoms. The number of halogens is 2. The summed E-state index contributed by atoms with van der Waals surface area (Å²) in [7, 11) is 1.97. The minimum Gasteiger partial charge on any atom is -0.336 e. The van der Waals surface area contributed by atoms with Crippen molar-refractivity contribution in [3.05, 3.63) is 52.0 Å². The predicted octanol–water partition coefficient (Wildman–Crippen LogP) is 3.43. The maximum atomic E-state index is 6.28. The first kappa shape index (κ1) is 13.4. The van der Waals surface area contributed by atoms with Crippen molar-refractivity contribution in [2.45, 2.75) is 13.0 Å². The number of nitrogens with one attached hydrogen (secondary N) is 1. The minimum absolute atomic E-state index is 0.0206. The van der Waals surface area contributed by atoms with Gasteiger partial charge >= 0.3 is 0 Å². The van der Waals surface area contributed by atoms with E-state index in [1.54, 1.807) is 12.4 Å². The Morgan fingerprint density at radius 1 is 1.39 bits per heavy atom. The van der Waals surface area contributed by atoms with Gasteiger partial charge in [0.15, 0.2) is 0 Å². The highest BCUT2D eigenvalue weighted by atomic mass is 35.5. The number of rotatable bonds is 4. The zero-order valence-corrected chi connectivity index (χ0v) is 11.8. The second-order valence-electron chi connectivity index (χ2n) is 4.09. The lowest BCUT2D eigenvalue weighted by Crippen LogP contribution is -2.24. The first-order valence-corrected chi connectivity index (χ1v) is 6.53. The number of imidazole rings is 1. The first-order chi connectivity index (χ1) is 8.63. The van der Waals surface area contributed by atoms with Crippen LogP contribution >= 0.6 is 23.2 Å². The molecule has 0 radical (unpaired) electrons. The summed E-state index contributed by atoms with van der Waals surface area (Å²) in [4.78, 5) is 4.15. The van der Waals surface area contributed by atoms with Crippen LogP contribution in [-0.4, -0.2) is 16.1 Å². The second-order valence-corrected chi connectivity index (χ2v) is 4.93. The van der Waals surface area contributed by atoms with Crippen molar-refractivity contribution >= 4 is 23.2 Å². The van der Waals surface area contributed by atoms with Crippen molar-refractivity contribution in [3.63, 3.8) is 0 Å². The Hall–Kier alpha value is -1.03. The molecule has 5 heteroatoms. The molecule has 0 saturated carbocycles. The van der Waals surface area contributed by atoms with Crippen LogP contribution in [0.3, 0.4) is 0 Å². The van der Waals surface area contributed by atoms with Crippen LogP contribution in [0.4, 0.5) is 0 Å². The predicted molar refractivity (Wildman–Crippen MR) is 75.2 cm³/mol. The molecule has 1 heterocycles. The molecule has 0 amide bonds. The fourth-order valence-electron chi connectivity index (χ4n) is 1.96. The Kier molecular flexibility index (Phi) is 4.27. The number of hydrogen-bond donors (Lipinski definition) is 1. The summed E-state index contributed by atoms with van der Waals surface area (Å²) in [6, 6.07) is 5.58. The number of nitrogens with zero attached hydrogens (tertiary/aromatic N) is 2. The summed E-state index contributed by atoms with van der Waals surface area (Å²) in [5, 5.41) is 4.72. The summed E-state index contributed by atoms with van der Waals surface area (Å²) in [6.45, 7) is 2.90. The van der Waals surface area contributed by atoms with Crippen LogP contribution in [0.5, 0.6) is 0 Å². The lowest BCUT2D eigenvalue weighted by molar-refractivity contribution is 0.594. The molecule has 0 aliphatic rings. The van der Waals surface area contributed by atoms with Gasteiger partial charge in [-0.2, -0.15) is 0 Å². The van der Waals surface area contributed by atoms with Crippen LogP contribution in [-0.2, 0) is 7.05 Å². The van der Waals surface area contributed by atoms with Crippen molar-refractivity contribution in [2.75, 3.05) is 6.54 Å². The number of aryl methyl sites for hydroxylation is 1.